The molecule has 0 nitrogen and oxygen atoms in total. The molecule has 0 aliphatic heterocycles. The molecule has 0 radical (unpaired) electrons. The molecule has 2 unspecified atom stereocenters. The van der Waals surface area contributed by atoms with Crippen LogP contribution in [0.4, 0.5) is 0 Å². The zero-order chi connectivity index (χ0) is 12.3. The van der Waals surface area contributed by atoms with Crippen LogP contribution in [0.5, 0.6) is 0 Å². The second kappa shape index (κ2) is 5.37. The van der Waals surface area contributed by atoms with Gasteiger partial charge in [0.1, 0.15) is 0 Å². The van der Waals surface area contributed by atoms with Gasteiger partial charge in [-0.05, 0) is 22.7 Å². The van der Waals surface area contributed by atoms with Crippen molar-refractivity contribution in [3.05, 3.63) is 0 Å². The maximum atomic E-state index is 2.46. The van der Waals surface area contributed by atoms with E-state index in [9.17, 15) is 0 Å². The lowest BCUT2D eigenvalue weighted by molar-refractivity contribution is 0.0232. The molecule has 0 fully saturated rings. The van der Waals surface area contributed by atoms with Gasteiger partial charge in [-0.2, -0.15) is 0 Å². The van der Waals surface area contributed by atoms with Gasteiger partial charge in [0, 0.05) is 0 Å². The molecule has 0 rings (SSSR count). The molecular weight excluding hydrogens is 180 g/mol. The zero-order valence-corrected chi connectivity index (χ0v) is 12.3. The maximum absolute atomic E-state index is 2.46. The van der Waals surface area contributed by atoms with Crippen molar-refractivity contribution in [2.24, 2.45) is 22.7 Å². The molecule has 0 heteroatoms. The van der Waals surface area contributed by atoms with Crippen LogP contribution < -0.4 is 0 Å². The Morgan fingerprint density at radius 1 is 0.867 bits per heavy atom. The Morgan fingerprint density at radius 2 is 1.27 bits per heavy atom. The van der Waals surface area contributed by atoms with Crippen LogP contribution in [-0.2, 0) is 0 Å². The molecule has 0 aromatic carbocycles. The monoisotopic (exact) mass is 212 g/mol. The van der Waals surface area contributed by atoms with Gasteiger partial charge in [-0.15, -0.1) is 0 Å². The lowest BCUT2D eigenvalue weighted by Crippen LogP contribution is -2.39. The molecule has 0 aliphatic rings. The van der Waals surface area contributed by atoms with Crippen molar-refractivity contribution in [3.8, 4) is 0 Å². The van der Waals surface area contributed by atoms with E-state index in [1.54, 1.807) is 0 Å². The fraction of sp³-hybridized carbons (Fsp3) is 1.00. The highest BCUT2D eigenvalue weighted by Gasteiger charge is 2.40. The Hall–Kier alpha value is 0. The highest BCUT2D eigenvalue weighted by Crippen LogP contribution is 2.48. The highest BCUT2D eigenvalue weighted by atomic mass is 14.5. The molecule has 15 heavy (non-hydrogen) atoms. The molecule has 92 valence electrons. The summed E-state index contributed by atoms with van der Waals surface area (Å²) in [5.41, 5.74) is 0.961. The van der Waals surface area contributed by atoms with Gasteiger partial charge in [0.2, 0.25) is 0 Å². The van der Waals surface area contributed by atoms with Crippen LogP contribution in [0.15, 0.2) is 0 Å². The van der Waals surface area contributed by atoms with Crippen LogP contribution in [0.1, 0.15) is 74.7 Å². The molecule has 0 bridgehead atoms. The Morgan fingerprint density at radius 3 is 1.53 bits per heavy atom. The summed E-state index contributed by atoms with van der Waals surface area (Å²) in [5.74, 6) is 1.60. The number of hydrogen-bond acceptors (Lipinski definition) is 0. The molecule has 0 aliphatic carbocycles. The smallest absolute Gasteiger partial charge is 0.0298 e. The molecule has 0 heterocycles. The molecule has 0 N–H and O–H groups in total. The minimum atomic E-state index is 0.454. The first-order valence-corrected chi connectivity index (χ1v) is 6.76. The summed E-state index contributed by atoms with van der Waals surface area (Å²) in [6.07, 6.45) is 3.88. The van der Waals surface area contributed by atoms with Gasteiger partial charge in [-0.3, -0.25) is 0 Å². The third-order valence-electron chi connectivity index (χ3n) is 5.66. The maximum Gasteiger partial charge on any atom is -0.0298 e. The molecule has 0 saturated heterocycles. The average molecular weight is 212 g/mol. The Labute approximate surface area is 97.8 Å². The van der Waals surface area contributed by atoms with Gasteiger partial charge in [0.05, 0.1) is 0 Å². The van der Waals surface area contributed by atoms with E-state index in [0.717, 1.165) is 11.8 Å². The number of hydrogen-bond donors (Lipinski definition) is 0. The Bertz CT molecular complexity index is 174. The van der Waals surface area contributed by atoms with Gasteiger partial charge in [0.25, 0.3) is 0 Å². The van der Waals surface area contributed by atoms with Gasteiger partial charge >= 0.3 is 0 Å². The summed E-state index contributed by atoms with van der Waals surface area (Å²) in [6.45, 7) is 19.2. The summed E-state index contributed by atoms with van der Waals surface area (Å²) in [4.78, 5) is 0. The molecule has 0 amide bonds. The minimum absolute atomic E-state index is 0.454. The predicted octanol–water partition coefficient (Wildman–Crippen LogP) is 5.52. The quantitative estimate of drug-likeness (QED) is 0.543. The molecular formula is C15H32. The third kappa shape index (κ3) is 2.98. The molecule has 0 saturated carbocycles. The zero-order valence-electron chi connectivity index (χ0n) is 12.3. The van der Waals surface area contributed by atoms with E-state index in [0.29, 0.717) is 10.8 Å². The van der Waals surface area contributed by atoms with Gasteiger partial charge in [0.15, 0.2) is 0 Å². The Kier molecular flexibility index (Phi) is 5.37. The normalized spacial score (nSPS) is 17.6. The van der Waals surface area contributed by atoms with E-state index in [1.807, 2.05) is 0 Å². The fourth-order valence-electron chi connectivity index (χ4n) is 2.71. The predicted molar refractivity (Wildman–Crippen MR) is 71.1 cm³/mol. The van der Waals surface area contributed by atoms with E-state index < -0.39 is 0 Å². The van der Waals surface area contributed by atoms with Crippen molar-refractivity contribution in [1.82, 2.24) is 0 Å². The second-order valence-corrected chi connectivity index (χ2v) is 6.21. The fourth-order valence-corrected chi connectivity index (χ4v) is 2.71. The highest BCUT2D eigenvalue weighted by molar-refractivity contribution is 4.89. The summed E-state index contributed by atoms with van der Waals surface area (Å²) in [5, 5.41) is 0. The summed E-state index contributed by atoms with van der Waals surface area (Å²) in [6, 6.07) is 0. The minimum Gasteiger partial charge on any atom is -0.0651 e. The molecule has 0 spiro atoms. The van der Waals surface area contributed by atoms with Gasteiger partial charge in [-0.25, -0.2) is 0 Å². The largest absolute Gasteiger partial charge is 0.0651 e. The van der Waals surface area contributed by atoms with Crippen molar-refractivity contribution in [3.63, 3.8) is 0 Å². The summed E-state index contributed by atoms with van der Waals surface area (Å²) in [7, 11) is 0. The van der Waals surface area contributed by atoms with Crippen LogP contribution in [-0.4, -0.2) is 0 Å². The SMILES string of the molecule is CCC(C)C(C)(C)C(C)C(C)(CC)CC. The van der Waals surface area contributed by atoms with Crippen LogP contribution >= 0.6 is 0 Å². The van der Waals surface area contributed by atoms with Crippen LogP contribution in [0, 0.1) is 22.7 Å². The topological polar surface area (TPSA) is 0 Å². The van der Waals surface area contributed by atoms with E-state index in [2.05, 4.69) is 55.4 Å². The molecule has 0 aromatic heterocycles. The first-order valence-electron chi connectivity index (χ1n) is 6.76. The van der Waals surface area contributed by atoms with Crippen LogP contribution in [0.2, 0.25) is 0 Å². The van der Waals surface area contributed by atoms with Crippen LogP contribution in [0.3, 0.4) is 0 Å². The van der Waals surface area contributed by atoms with E-state index >= 15 is 0 Å². The lowest BCUT2D eigenvalue weighted by atomic mass is 9.58. The van der Waals surface area contributed by atoms with Crippen molar-refractivity contribution in [2.45, 2.75) is 74.7 Å². The van der Waals surface area contributed by atoms with Crippen molar-refractivity contribution < 1.29 is 0 Å². The molecule has 0 aromatic rings. The summed E-state index contributed by atoms with van der Waals surface area (Å²) >= 11 is 0. The van der Waals surface area contributed by atoms with Crippen molar-refractivity contribution in [1.29, 1.82) is 0 Å². The molecule has 2 atom stereocenters. The lowest BCUT2D eigenvalue weighted by Gasteiger charge is -2.47. The van der Waals surface area contributed by atoms with E-state index in [-0.39, 0.29) is 0 Å². The standard InChI is InChI=1S/C15H32/c1-9-12(4)14(6,7)13(5)15(8,10-2)11-3/h12-13H,9-11H2,1-8H3. The van der Waals surface area contributed by atoms with Crippen LogP contribution in [0.25, 0.3) is 0 Å². The van der Waals surface area contributed by atoms with E-state index in [1.165, 1.54) is 19.3 Å². The third-order valence-corrected chi connectivity index (χ3v) is 5.66. The number of rotatable bonds is 6. The first kappa shape index (κ1) is 15.0. The van der Waals surface area contributed by atoms with Crippen molar-refractivity contribution in [2.75, 3.05) is 0 Å². The van der Waals surface area contributed by atoms with Crippen molar-refractivity contribution >= 4 is 0 Å². The van der Waals surface area contributed by atoms with Gasteiger partial charge < -0.3 is 0 Å². The second-order valence-electron chi connectivity index (χ2n) is 6.21. The summed E-state index contributed by atoms with van der Waals surface area (Å²) < 4.78 is 0. The Balaban J connectivity index is 4.88. The average Bonchev–Trinajstić information content (AvgIpc) is 2.25. The first-order chi connectivity index (χ1) is 6.76. The van der Waals surface area contributed by atoms with E-state index in [4.69, 9.17) is 0 Å². The van der Waals surface area contributed by atoms with Gasteiger partial charge in [-0.1, -0.05) is 74.7 Å².